The molecule has 0 amide bonds. The number of benzene rings is 1. The van der Waals surface area contributed by atoms with Crippen molar-refractivity contribution in [3.05, 3.63) is 34.6 Å². The maximum absolute atomic E-state index is 13.7. The van der Waals surface area contributed by atoms with Gasteiger partial charge in [0.2, 0.25) is 0 Å². The molecule has 0 saturated heterocycles. The van der Waals surface area contributed by atoms with Gasteiger partial charge in [-0.05, 0) is 48.4 Å². The molecule has 0 heterocycles. The van der Waals surface area contributed by atoms with Crippen LogP contribution in [0.15, 0.2) is 18.2 Å². The van der Waals surface area contributed by atoms with E-state index in [1.165, 1.54) is 25.3 Å². The van der Waals surface area contributed by atoms with Crippen molar-refractivity contribution >= 4 is 11.6 Å². The molecule has 0 aromatic heterocycles. The SMILES string of the molecule is CC1(C(N)Cc2cc(Cl)ccc2F)CCCCC1. The zero-order valence-electron chi connectivity index (χ0n) is 10.9. The second-order valence-electron chi connectivity index (χ2n) is 5.76. The van der Waals surface area contributed by atoms with Crippen molar-refractivity contribution in [1.82, 2.24) is 0 Å². The van der Waals surface area contributed by atoms with E-state index < -0.39 is 0 Å². The maximum atomic E-state index is 13.7. The summed E-state index contributed by atoms with van der Waals surface area (Å²) in [5, 5.41) is 0.576. The topological polar surface area (TPSA) is 26.0 Å². The van der Waals surface area contributed by atoms with Gasteiger partial charge in [-0.3, -0.25) is 0 Å². The standard InChI is InChI=1S/C15H21ClFN/c1-15(7-3-2-4-8-15)14(18)10-11-9-12(16)5-6-13(11)17/h5-6,9,14H,2-4,7-8,10,18H2,1H3. The minimum absolute atomic E-state index is 0.00534. The molecule has 0 bridgehead atoms. The highest BCUT2D eigenvalue weighted by atomic mass is 35.5. The van der Waals surface area contributed by atoms with Crippen molar-refractivity contribution in [2.75, 3.05) is 0 Å². The van der Waals surface area contributed by atoms with Crippen LogP contribution in [0.5, 0.6) is 0 Å². The van der Waals surface area contributed by atoms with E-state index in [0.29, 0.717) is 17.0 Å². The Kier molecular flexibility index (Phi) is 4.29. The van der Waals surface area contributed by atoms with Crippen molar-refractivity contribution in [3.8, 4) is 0 Å². The number of hydrogen-bond acceptors (Lipinski definition) is 1. The molecule has 1 unspecified atom stereocenters. The highest BCUT2D eigenvalue weighted by molar-refractivity contribution is 6.30. The average molecular weight is 270 g/mol. The van der Waals surface area contributed by atoms with Crippen LogP contribution in [0.2, 0.25) is 5.02 Å². The molecule has 1 aliphatic carbocycles. The lowest BCUT2D eigenvalue weighted by Crippen LogP contribution is -2.42. The molecule has 1 aliphatic rings. The smallest absolute Gasteiger partial charge is 0.126 e. The summed E-state index contributed by atoms with van der Waals surface area (Å²) in [6.07, 6.45) is 6.65. The summed E-state index contributed by atoms with van der Waals surface area (Å²) in [4.78, 5) is 0. The maximum Gasteiger partial charge on any atom is 0.126 e. The van der Waals surface area contributed by atoms with Crippen LogP contribution in [-0.4, -0.2) is 6.04 Å². The van der Waals surface area contributed by atoms with Crippen LogP contribution in [0.3, 0.4) is 0 Å². The predicted molar refractivity (Wildman–Crippen MR) is 74.3 cm³/mol. The highest BCUT2D eigenvalue weighted by Gasteiger charge is 2.33. The Hall–Kier alpha value is -0.600. The van der Waals surface area contributed by atoms with Gasteiger partial charge in [-0.25, -0.2) is 4.39 Å². The Morgan fingerprint density at radius 2 is 2.00 bits per heavy atom. The molecular weight excluding hydrogens is 249 g/mol. The van der Waals surface area contributed by atoms with Gasteiger partial charge in [0.25, 0.3) is 0 Å². The van der Waals surface area contributed by atoms with E-state index in [4.69, 9.17) is 17.3 Å². The molecule has 1 atom stereocenters. The summed E-state index contributed by atoms with van der Waals surface area (Å²) in [6.45, 7) is 2.24. The Bertz CT molecular complexity index is 413. The fourth-order valence-electron chi connectivity index (χ4n) is 2.91. The van der Waals surface area contributed by atoms with Crippen LogP contribution < -0.4 is 5.73 Å². The first kappa shape index (κ1) is 13.8. The first-order valence-electron chi connectivity index (χ1n) is 6.71. The van der Waals surface area contributed by atoms with E-state index in [-0.39, 0.29) is 17.3 Å². The molecule has 1 aromatic carbocycles. The second kappa shape index (κ2) is 5.58. The van der Waals surface area contributed by atoms with Gasteiger partial charge in [0.05, 0.1) is 0 Å². The highest BCUT2D eigenvalue weighted by Crippen LogP contribution is 2.39. The summed E-state index contributed by atoms with van der Waals surface area (Å²) in [7, 11) is 0. The normalized spacial score (nSPS) is 20.7. The van der Waals surface area contributed by atoms with Crippen LogP contribution >= 0.6 is 11.6 Å². The third-order valence-corrected chi connectivity index (χ3v) is 4.57. The van der Waals surface area contributed by atoms with Gasteiger partial charge in [0.15, 0.2) is 0 Å². The molecule has 1 fully saturated rings. The minimum Gasteiger partial charge on any atom is -0.327 e. The van der Waals surface area contributed by atoms with E-state index in [1.807, 2.05) is 0 Å². The second-order valence-corrected chi connectivity index (χ2v) is 6.20. The molecule has 0 spiro atoms. The quantitative estimate of drug-likeness (QED) is 0.869. The van der Waals surface area contributed by atoms with Gasteiger partial charge in [-0.2, -0.15) is 0 Å². The monoisotopic (exact) mass is 269 g/mol. The molecule has 0 radical (unpaired) electrons. The first-order chi connectivity index (χ1) is 8.51. The minimum atomic E-state index is -0.200. The predicted octanol–water partition coefficient (Wildman–Crippen LogP) is 4.32. The summed E-state index contributed by atoms with van der Waals surface area (Å²) in [5.41, 5.74) is 7.11. The van der Waals surface area contributed by atoms with Crippen LogP contribution in [0, 0.1) is 11.2 Å². The molecule has 1 nitrogen and oxygen atoms in total. The average Bonchev–Trinajstić information content (AvgIpc) is 2.35. The fraction of sp³-hybridized carbons (Fsp3) is 0.600. The van der Waals surface area contributed by atoms with Crippen molar-refractivity contribution in [2.45, 2.75) is 51.5 Å². The third-order valence-electron chi connectivity index (χ3n) is 4.34. The fourth-order valence-corrected chi connectivity index (χ4v) is 3.11. The molecule has 0 aliphatic heterocycles. The van der Waals surface area contributed by atoms with E-state index in [2.05, 4.69) is 6.92 Å². The van der Waals surface area contributed by atoms with Gasteiger partial charge >= 0.3 is 0 Å². The molecule has 3 heteroatoms. The van der Waals surface area contributed by atoms with Gasteiger partial charge < -0.3 is 5.73 Å². The number of rotatable bonds is 3. The largest absolute Gasteiger partial charge is 0.327 e. The van der Waals surface area contributed by atoms with E-state index >= 15 is 0 Å². The lowest BCUT2D eigenvalue weighted by Gasteiger charge is -2.39. The van der Waals surface area contributed by atoms with Crippen molar-refractivity contribution in [1.29, 1.82) is 0 Å². The van der Waals surface area contributed by atoms with Crippen molar-refractivity contribution in [3.63, 3.8) is 0 Å². The molecule has 100 valence electrons. The Morgan fingerprint density at radius 1 is 1.33 bits per heavy atom. The Labute approximate surface area is 114 Å². The van der Waals surface area contributed by atoms with Gasteiger partial charge in [0.1, 0.15) is 5.82 Å². The molecule has 2 rings (SSSR count). The zero-order chi connectivity index (χ0) is 13.2. The summed E-state index contributed by atoms with van der Waals surface area (Å²) in [5.74, 6) is -0.200. The number of hydrogen-bond donors (Lipinski definition) is 1. The first-order valence-corrected chi connectivity index (χ1v) is 7.08. The van der Waals surface area contributed by atoms with Gasteiger partial charge in [0, 0.05) is 11.1 Å². The lowest BCUT2D eigenvalue weighted by molar-refractivity contribution is 0.168. The molecule has 2 N–H and O–H groups in total. The van der Waals surface area contributed by atoms with Crippen LogP contribution in [0.25, 0.3) is 0 Å². The van der Waals surface area contributed by atoms with Crippen LogP contribution in [-0.2, 0) is 6.42 Å². The van der Waals surface area contributed by atoms with Crippen LogP contribution in [0.4, 0.5) is 4.39 Å². The van der Waals surface area contributed by atoms with E-state index in [9.17, 15) is 4.39 Å². The summed E-state index contributed by atoms with van der Waals surface area (Å²) in [6, 6.07) is 4.70. The Morgan fingerprint density at radius 3 is 2.67 bits per heavy atom. The molecule has 1 saturated carbocycles. The summed E-state index contributed by atoms with van der Waals surface area (Å²) >= 11 is 5.91. The van der Waals surface area contributed by atoms with Crippen molar-refractivity contribution in [2.24, 2.45) is 11.1 Å². The number of halogens is 2. The van der Waals surface area contributed by atoms with E-state index in [0.717, 1.165) is 12.8 Å². The van der Waals surface area contributed by atoms with E-state index in [1.54, 1.807) is 12.1 Å². The van der Waals surface area contributed by atoms with Gasteiger partial charge in [-0.15, -0.1) is 0 Å². The Balaban J connectivity index is 2.10. The molecule has 18 heavy (non-hydrogen) atoms. The number of nitrogens with two attached hydrogens (primary N) is 1. The summed E-state index contributed by atoms with van der Waals surface area (Å²) < 4.78 is 13.7. The zero-order valence-corrected chi connectivity index (χ0v) is 11.6. The van der Waals surface area contributed by atoms with Gasteiger partial charge in [-0.1, -0.05) is 37.8 Å². The molecular formula is C15H21ClFN. The third kappa shape index (κ3) is 3.04. The lowest BCUT2D eigenvalue weighted by atomic mass is 9.69. The van der Waals surface area contributed by atoms with Crippen molar-refractivity contribution < 1.29 is 4.39 Å². The molecule has 1 aromatic rings. The van der Waals surface area contributed by atoms with Crippen LogP contribution in [0.1, 0.15) is 44.6 Å².